The third kappa shape index (κ3) is 2.78. The van der Waals surface area contributed by atoms with E-state index in [1.807, 2.05) is 0 Å². The second-order valence-corrected chi connectivity index (χ2v) is 4.33. The minimum absolute atomic E-state index is 0.0611. The van der Waals surface area contributed by atoms with Crippen LogP contribution in [-0.4, -0.2) is 29.1 Å². The highest BCUT2D eigenvalue weighted by molar-refractivity contribution is 6.33. The van der Waals surface area contributed by atoms with Crippen molar-refractivity contribution in [1.82, 2.24) is 4.98 Å². The molecule has 0 aliphatic rings. The van der Waals surface area contributed by atoms with Crippen LogP contribution in [0.15, 0.2) is 36.5 Å². The number of carbonyl (C=O) groups is 2. The molecule has 0 saturated carbocycles. The van der Waals surface area contributed by atoms with Gasteiger partial charge in [-0.15, -0.1) is 0 Å². The van der Waals surface area contributed by atoms with Gasteiger partial charge >= 0.3 is 11.9 Å². The van der Waals surface area contributed by atoms with E-state index in [9.17, 15) is 9.59 Å². The zero-order chi connectivity index (χ0) is 14.7. The van der Waals surface area contributed by atoms with Gasteiger partial charge in [-0.2, -0.15) is 0 Å². The van der Waals surface area contributed by atoms with Crippen molar-refractivity contribution in [3.63, 3.8) is 0 Å². The SMILES string of the molecule is COC(=O)c1ccc(Cl)c(-c2ccc(C(=O)O)nc2)c1. The predicted molar refractivity (Wildman–Crippen MR) is 73.0 cm³/mol. The first-order valence-corrected chi connectivity index (χ1v) is 5.98. The molecular weight excluding hydrogens is 282 g/mol. The maximum absolute atomic E-state index is 11.5. The molecule has 0 aliphatic heterocycles. The van der Waals surface area contributed by atoms with Crippen molar-refractivity contribution >= 4 is 23.5 Å². The summed E-state index contributed by atoms with van der Waals surface area (Å²) in [5.41, 5.74) is 1.49. The maximum atomic E-state index is 11.5. The lowest BCUT2D eigenvalue weighted by Gasteiger charge is -2.07. The average Bonchev–Trinajstić information content (AvgIpc) is 2.47. The van der Waals surface area contributed by atoms with Crippen LogP contribution in [-0.2, 0) is 4.74 Å². The first kappa shape index (κ1) is 14.0. The molecule has 0 amide bonds. The van der Waals surface area contributed by atoms with Crippen LogP contribution >= 0.6 is 11.6 Å². The lowest BCUT2D eigenvalue weighted by atomic mass is 10.0. The number of carboxylic acid groups (broad SMARTS) is 1. The van der Waals surface area contributed by atoms with Crippen molar-refractivity contribution in [2.24, 2.45) is 0 Å². The Labute approximate surface area is 119 Å². The van der Waals surface area contributed by atoms with Crippen LogP contribution in [0.2, 0.25) is 5.02 Å². The van der Waals surface area contributed by atoms with Crippen LogP contribution in [0.25, 0.3) is 11.1 Å². The Hall–Kier alpha value is -2.40. The zero-order valence-corrected chi connectivity index (χ0v) is 11.2. The average molecular weight is 292 g/mol. The third-order valence-electron chi connectivity index (χ3n) is 2.68. The molecule has 20 heavy (non-hydrogen) atoms. The van der Waals surface area contributed by atoms with E-state index in [1.165, 1.54) is 19.4 Å². The molecule has 0 spiro atoms. The van der Waals surface area contributed by atoms with Gasteiger partial charge in [0, 0.05) is 22.3 Å². The molecule has 1 N–H and O–H groups in total. The summed E-state index contributed by atoms with van der Waals surface area (Å²) in [5, 5.41) is 9.23. The largest absolute Gasteiger partial charge is 0.477 e. The highest BCUT2D eigenvalue weighted by Crippen LogP contribution is 2.28. The molecule has 1 aromatic heterocycles. The number of halogens is 1. The van der Waals surface area contributed by atoms with E-state index in [4.69, 9.17) is 16.7 Å². The number of benzene rings is 1. The Kier molecular flexibility index (Phi) is 4.00. The molecule has 2 aromatic rings. The number of pyridine rings is 1. The zero-order valence-electron chi connectivity index (χ0n) is 10.5. The van der Waals surface area contributed by atoms with Crippen LogP contribution in [0.3, 0.4) is 0 Å². The van der Waals surface area contributed by atoms with Gasteiger partial charge < -0.3 is 9.84 Å². The molecule has 0 aliphatic carbocycles. The number of nitrogens with zero attached hydrogens (tertiary/aromatic N) is 1. The maximum Gasteiger partial charge on any atom is 0.354 e. The van der Waals surface area contributed by atoms with Gasteiger partial charge in [-0.05, 0) is 24.3 Å². The number of aromatic carboxylic acids is 1. The Bertz CT molecular complexity index is 667. The van der Waals surface area contributed by atoms with Crippen LogP contribution < -0.4 is 0 Å². The van der Waals surface area contributed by atoms with Crippen molar-refractivity contribution in [3.8, 4) is 11.1 Å². The number of hydrogen-bond acceptors (Lipinski definition) is 4. The van der Waals surface area contributed by atoms with Crippen LogP contribution in [0.4, 0.5) is 0 Å². The summed E-state index contributed by atoms with van der Waals surface area (Å²) in [7, 11) is 1.29. The van der Waals surface area contributed by atoms with Gasteiger partial charge in [0.1, 0.15) is 5.69 Å². The van der Waals surface area contributed by atoms with Gasteiger partial charge in [0.15, 0.2) is 0 Å². The van der Waals surface area contributed by atoms with E-state index in [1.54, 1.807) is 24.3 Å². The molecular formula is C14H10ClNO4. The van der Waals surface area contributed by atoms with Gasteiger partial charge in [-0.1, -0.05) is 17.7 Å². The summed E-state index contributed by atoms with van der Waals surface area (Å²) in [6.07, 6.45) is 1.39. The molecule has 0 bridgehead atoms. The number of rotatable bonds is 3. The van der Waals surface area contributed by atoms with Gasteiger partial charge in [-0.25, -0.2) is 14.6 Å². The fourth-order valence-electron chi connectivity index (χ4n) is 1.67. The first-order chi connectivity index (χ1) is 9.52. The molecule has 0 saturated heterocycles. The molecule has 6 heteroatoms. The quantitative estimate of drug-likeness (QED) is 0.880. The van der Waals surface area contributed by atoms with Gasteiger partial charge in [0.25, 0.3) is 0 Å². The summed E-state index contributed by atoms with van der Waals surface area (Å²) < 4.78 is 4.64. The summed E-state index contributed by atoms with van der Waals surface area (Å²) in [4.78, 5) is 26.1. The smallest absolute Gasteiger partial charge is 0.354 e. The summed E-state index contributed by atoms with van der Waals surface area (Å²) in [6.45, 7) is 0. The van der Waals surface area contributed by atoms with E-state index in [0.29, 0.717) is 21.7 Å². The number of carboxylic acids is 1. The molecule has 2 rings (SSSR count). The lowest BCUT2D eigenvalue weighted by Crippen LogP contribution is -2.02. The van der Waals surface area contributed by atoms with Crippen molar-refractivity contribution in [1.29, 1.82) is 0 Å². The molecule has 102 valence electrons. The van der Waals surface area contributed by atoms with Gasteiger partial charge in [0.05, 0.1) is 12.7 Å². The van der Waals surface area contributed by atoms with Crippen LogP contribution in [0, 0.1) is 0 Å². The molecule has 0 unspecified atom stereocenters. The summed E-state index contributed by atoms with van der Waals surface area (Å²) >= 11 is 6.08. The summed E-state index contributed by atoms with van der Waals surface area (Å²) in [6, 6.07) is 7.66. The minimum Gasteiger partial charge on any atom is -0.477 e. The van der Waals surface area contributed by atoms with Gasteiger partial charge in [-0.3, -0.25) is 0 Å². The van der Waals surface area contributed by atoms with Crippen molar-refractivity contribution < 1.29 is 19.4 Å². The topological polar surface area (TPSA) is 76.5 Å². The lowest BCUT2D eigenvalue weighted by molar-refractivity contribution is 0.0600. The fraction of sp³-hybridized carbons (Fsp3) is 0.0714. The monoisotopic (exact) mass is 291 g/mol. The predicted octanol–water partition coefficient (Wildman–Crippen LogP) is 2.89. The highest BCUT2D eigenvalue weighted by Gasteiger charge is 2.11. The fourth-order valence-corrected chi connectivity index (χ4v) is 1.90. The van der Waals surface area contributed by atoms with E-state index >= 15 is 0 Å². The van der Waals surface area contributed by atoms with E-state index in [-0.39, 0.29) is 5.69 Å². The van der Waals surface area contributed by atoms with Crippen molar-refractivity contribution in [3.05, 3.63) is 52.8 Å². The normalized spacial score (nSPS) is 10.1. The number of aromatic nitrogens is 1. The highest BCUT2D eigenvalue weighted by atomic mass is 35.5. The second kappa shape index (κ2) is 5.71. The number of ether oxygens (including phenoxy) is 1. The number of carbonyl (C=O) groups excluding carboxylic acids is 1. The van der Waals surface area contributed by atoms with Gasteiger partial charge in [0.2, 0.25) is 0 Å². The Morgan fingerprint density at radius 2 is 2.00 bits per heavy atom. The summed E-state index contributed by atoms with van der Waals surface area (Å²) in [5.74, 6) is -1.58. The molecule has 0 fully saturated rings. The Morgan fingerprint density at radius 1 is 1.25 bits per heavy atom. The minimum atomic E-state index is -1.11. The Morgan fingerprint density at radius 3 is 2.55 bits per heavy atom. The third-order valence-corrected chi connectivity index (χ3v) is 3.01. The van der Waals surface area contributed by atoms with Crippen molar-refractivity contribution in [2.45, 2.75) is 0 Å². The van der Waals surface area contributed by atoms with E-state index in [2.05, 4.69) is 9.72 Å². The molecule has 5 nitrogen and oxygen atoms in total. The first-order valence-electron chi connectivity index (χ1n) is 5.60. The molecule has 1 aromatic carbocycles. The molecule has 0 radical (unpaired) electrons. The standard InChI is InChI=1S/C14H10ClNO4/c1-20-14(19)8-2-4-11(15)10(6-8)9-3-5-12(13(17)18)16-7-9/h2-7H,1H3,(H,17,18). The molecule has 1 heterocycles. The second-order valence-electron chi connectivity index (χ2n) is 3.92. The van der Waals surface area contributed by atoms with E-state index in [0.717, 1.165) is 0 Å². The van der Waals surface area contributed by atoms with Crippen molar-refractivity contribution in [2.75, 3.05) is 7.11 Å². The number of hydrogen-bond donors (Lipinski definition) is 1. The Balaban J connectivity index is 2.45. The van der Waals surface area contributed by atoms with Crippen LogP contribution in [0.5, 0.6) is 0 Å². The number of esters is 1. The number of methoxy groups -OCH3 is 1. The molecule has 0 atom stereocenters. The van der Waals surface area contributed by atoms with Crippen LogP contribution in [0.1, 0.15) is 20.8 Å². The van der Waals surface area contributed by atoms with E-state index < -0.39 is 11.9 Å².